The molecule has 2 aliphatic carbocycles. The number of benzene rings is 3. The second-order valence-electron chi connectivity index (χ2n) is 12.2. The van der Waals surface area contributed by atoms with Crippen LogP contribution in [0.2, 0.25) is 5.02 Å². The Labute approximate surface area is 260 Å². The standard InChI is InChI=1S/C35H32ClN3O5/c1-3-38-31(41)24-15-14-23-25(29(24)33(38)43)18-27-32(42)39(37-22-12-9-19(2)10-13-22)34(44)35(27,20-7-5-4-6-8-20)30(23)26-17-21(36)11-16-28(26)40/h4-14,16-17,24-25,27,29-30,37,40H,3,15,18H2,1-2H3/t24-,25+,27-,29-,30+,35+/m0/s1. The van der Waals surface area contributed by atoms with Crippen molar-refractivity contribution in [2.75, 3.05) is 12.0 Å². The van der Waals surface area contributed by atoms with Crippen LogP contribution in [0.25, 0.3) is 0 Å². The molecular formula is C35H32ClN3O5. The second kappa shape index (κ2) is 10.3. The van der Waals surface area contributed by atoms with Gasteiger partial charge in [0.05, 0.1) is 28.9 Å². The number of hydrazine groups is 1. The first-order valence-electron chi connectivity index (χ1n) is 15.0. The summed E-state index contributed by atoms with van der Waals surface area (Å²) < 4.78 is 0. The molecule has 0 aromatic heterocycles. The second-order valence-corrected chi connectivity index (χ2v) is 12.7. The van der Waals surface area contributed by atoms with E-state index in [0.717, 1.165) is 16.1 Å². The van der Waals surface area contributed by atoms with Gasteiger partial charge < -0.3 is 5.11 Å². The first-order valence-corrected chi connectivity index (χ1v) is 15.4. The largest absolute Gasteiger partial charge is 0.508 e. The number of phenolic OH excluding ortho intramolecular Hbond substituents is 1. The number of anilines is 1. The van der Waals surface area contributed by atoms with E-state index < -0.39 is 46.8 Å². The summed E-state index contributed by atoms with van der Waals surface area (Å²) in [5.74, 6) is -4.75. The van der Waals surface area contributed by atoms with Crippen LogP contribution in [0.1, 0.15) is 42.4 Å². The predicted octanol–water partition coefficient (Wildman–Crippen LogP) is 5.36. The predicted molar refractivity (Wildman–Crippen MR) is 164 cm³/mol. The quantitative estimate of drug-likeness (QED) is 0.298. The number of aromatic hydroxyl groups is 1. The molecule has 8 nitrogen and oxygen atoms in total. The zero-order valence-corrected chi connectivity index (χ0v) is 25.1. The van der Waals surface area contributed by atoms with Crippen LogP contribution in [0.4, 0.5) is 5.69 Å². The molecule has 4 amide bonds. The van der Waals surface area contributed by atoms with Gasteiger partial charge in [-0.25, -0.2) is 0 Å². The summed E-state index contributed by atoms with van der Waals surface area (Å²) in [6.45, 7) is 4.01. The molecule has 0 radical (unpaired) electrons. The third kappa shape index (κ3) is 3.90. The Bertz CT molecular complexity index is 1740. The van der Waals surface area contributed by atoms with Crippen molar-refractivity contribution < 1.29 is 24.3 Å². The van der Waals surface area contributed by atoms with Crippen molar-refractivity contribution in [1.29, 1.82) is 0 Å². The summed E-state index contributed by atoms with van der Waals surface area (Å²) in [7, 11) is 0. The van der Waals surface area contributed by atoms with Gasteiger partial charge in [0.1, 0.15) is 5.75 Å². The zero-order valence-electron chi connectivity index (χ0n) is 24.4. The van der Waals surface area contributed by atoms with Crippen molar-refractivity contribution in [2.45, 2.75) is 38.0 Å². The van der Waals surface area contributed by atoms with Crippen molar-refractivity contribution in [3.63, 3.8) is 0 Å². The number of imide groups is 2. The summed E-state index contributed by atoms with van der Waals surface area (Å²) in [5.41, 5.74) is 5.04. The van der Waals surface area contributed by atoms with Crippen LogP contribution in [0.3, 0.4) is 0 Å². The lowest BCUT2D eigenvalue weighted by molar-refractivity contribution is -0.141. The molecule has 2 N–H and O–H groups in total. The molecule has 3 aromatic carbocycles. The average molecular weight is 610 g/mol. The fourth-order valence-corrected chi connectivity index (χ4v) is 8.41. The number of phenols is 1. The van der Waals surface area contributed by atoms with E-state index in [0.29, 0.717) is 28.3 Å². The monoisotopic (exact) mass is 609 g/mol. The first kappa shape index (κ1) is 28.3. The van der Waals surface area contributed by atoms with Crippen molar-refractivity contribution >= 4 is 40.9 Å². The van der Waals surface area contributed by atoms with Gasteiger partial charge in [0.15, 0.2) is 0 Å². The minimum Gasteiger partial charge on any atom is -0.508 e. The SMILES string of the molecule is CCN1C(=O)[C@H]2[C@H](CC=C3[C@H]2C[C@H]2C(=O)N(Nc4ccc(C)cc4)C(=O)[C@@]2(c2ccccc2)[C@H]3c2cc(Cl)ccc2O)C1=O. The Balaban J connectivity index is 1.47. The van der Waals surface area contributed by atoms with E-state index in [4.69, 9.17) is 11.6 Å². The minimum atomic E-state index is -1.45. The van der Waals surface area contributed by atoms with Crippen molar-refractivity contribution in [3.05, 3.63) is 106 Å². The molecule has 2 saturated heterocycles. The van der Waals surface area contributed by atoms with Gasteiger partial charge in [0.2, 0.25) is 11.8 Å². The van der Waals surface area contributed by atoms with E-state index in [1.807, 2.05) is 67.6 Å². The van der Waals surface area contributed by atoms with Gasteiger partial charge in [-0.3, -0.25) is 29.5 Å². The highest BCUT2D eigenvalue weighted by Gasteiger charge is 2.70. The number of nitrogens with one attached hydrogen (secondary N) is 1. The molecule has 0 bridgehead atoms. The molecule has 3 aromatic rings. The maximum Gasteiger partial charge on any atom is 0.260 e. The van der Waals surface area contributed by atoms with E-state index in [2.05, 4.69) is 5.43 Å². The zero-order chi connectivity index (χ0) is 30.9. The van der Waals surface area contributed by atoms with Crippen LogP contribution in [0.15, 0.2) is 84.4 Å². The van der Waals surface area contributed by atoms with Gasteiger partial charge in [-0.15, -0.1) is 0 Å². The normalized spacial score (nSPS) is 29.3. The van der Waals surface area contributed by atoms with E-state index in [1.54, 1.807) is 19.1 Å². The molecule has 0 spiro atoms. The van der Waals surface area contributed by atoms with Gasteiger partial charge in [-0.2, -0.15) is 5.01 Å². The molecule has 4 aliphatic rings. The molecule has 2 aliphatic heterocycles. The molecule has 1 saturated carbocycles. The summed E-state index contributed by atoms with van der Waals surface area (Å²) >= 11 is 6.52. The third-order valence-corrected chi connectivity index (χ3v) is 10.3. The summed E-state index contributed by atoms with van der Waals surface area (Å²) in [5, 5.41) is 12.8. The van der Waals surface area contributed by atoms with E-state index in [-0.39, 0.29) is 30.5 Å². The highest BCUT2D eigenvalue weighted by Crippen LogP contribution is 2.65. The molecule has 44 heavy (non-hydrogen) atoms. The average Bonchev–Trinajstić information content (AvgIpc) is 3.40. The number of rotatable bonds is 5. The molecule has 3 fully saturated rings. The Morgan fingerprint density at radius 1 is 0.932 bits per heavy atom. The van der Waals surface area contributed by atoms with Crippen LogP contribution in [0.5, 0.6) is 5.75 Å². The smallest absolute Gasteiger partial charge is 0.260 e. The number of hydrogen-bond donors (Lipinski definition) is 2. The van der Waals surface area contributed by atoms with Crippen molar-refractivity contribution in [3.8, 4) is 5.75 Å². The lowest BCUT2D eigenvalue weighted by Gasteiger charge is -2.50. The fourth-order valence-electron chi connectivity index (χ4n) is 8.23. The Morgan fingerprint density at radius 3 is 2.36 bits per heavy atom. The lowest BCUT2D eigenvalue weighted by Crippen LogP contribution is -2.53. The number of halogens is 1. The highest BCUT2D eigenvalue weighted by atomic mass is 35.5. The summed E-state index contributed by atoms with van der Waals surface area (Å²) in [6, 6.07) is 21.3. The molecule has 6 atom stereocenters. The number of likely N-dealkylation sites (tertiary alicyclic amines) is 1. The van der Waals surface area contributed by atoms with E-state index >= 15 is 4.79 Å². The Hall–Kier alpha value is -4.43. The van der Waals surface area contributed by atoms with Crippen LogP contribution < -0.4 is 5.43 Å². The maximum atomic E-state index is 15.0. The van der Waals surface area contributed by atoms with Gasteiger partial charge in [-0.1, -0.05) is 71.3 Å². The van der Waals surface area contributed by atoms with Gasteiger partial charge in [0, 0.05) is 23.0 Å². The third-order valence-electron chi connectivity index (χ3n) is 10.1. The number of fused-ring (bicyclic) bond motifs is 4. The van der Waals surface area contributed by atoms with Gasteiger partial charge in [-0.05, 0) is 68.5 Å². The minimum absolute atomic E-state index is 0.0636. The number of aryl methyl sites for hydroxylation is 1. The molecule has 9 heteroatoms. The van der Waals surface area contributed by atoms with Crippen LogP contribution in [-0.2, 0) is 24.6 Å². The molecule has 0 unspecified atom stereocenters. The number of carbonyl (C=O) groups excluding carboxylic acids is 4. The van der Waals surface area contributed by atoms with E-state index in [9.17, 15) is 19.5 Å². The Morgan fingerprint density at radius 2 is 1.66 bits per heavy atom. The van der Waals surface area contributed by atoms with Gasteiger partial charge >= 0.3 is 0 Å². The maximum absolute atomic E-state index is 15.0. The van der Waals surface area contributed by atoms with Crippen LogP contribution >= 0.6 is 11.6 Å². The van der Waals surface area contributed by atoms with Crippen molar-refractivity contribution in [1.82, 2.24) is 9.91 Å². The first-order chi connectivity index (χ1) is 21.2. The number of amides is 4. The molecule has 2 heterocycles. The number of carbonyl (C=O) groups is 4. The fraction of sp³-hybridized carbons (Fsp3) is 0.314. The van der Waals surface area contributed by atoms with Crippen LogP contribution in [0, 0.1) is 30.6 Å². The number of allylic oxidation sites excluding steroid dienone is 2. The molecule has 7 rings (SSSR count). The topological polar surface area (TPSA) is 107 Å². The lowest BCUT2D eigenvalue weighted by atomic mass is 9.49. The van der Waals surface area contributed by atoms with Crippen molar-refractivity contribution in [2.24, 2.45) is 23.7 Å². The highest BCUT2D eigenvalue weighted by molar-refractivity contribution is 6.30. The van der Waals surface area contributed by atoms with E-state index in [1.165, 1.54) is 11.0 Å². The number of nitrogens with zero attached hydrogens (tertiary/aromatic N) is 2. The van der Waals surface area contributed by atoms with Gasteiger partial charge in [0.25, 0.3) is 11.8 Å². The number of hydrogen-bond acceptors (Lipinski definition) is 6. The molecule has 224 valence electrons. The summed E-state index contributed by atoms with van der Waals surface area (Å²) in [6.07, 6.45) is 2.50. The summed E-state index contributed by atoms with van der Waals surface area (Å²) in [4.78, 5) is 57.9. The van der Waals surface area contributed by atoms with Crippen LogP contribution in [-0.4, -0.2) is 45.2 Å². The molecular weight excluding hydrogens is 578 g/mol. The Kier molecular flexibility index (Phi) is 6.66.